The third-order valence-corrected chi connectivity index (χ3v) is 4.10. The lowest BCUT2D eigenvalue weighted by atomic mass is 9.68. The van der Waals surface area contributed by atoms with E-state index in [4.69, 9.17) is 4.74 Å². The molecular weight excluding hydrogens is 268 g/mol. The third-order valence-electron chi connectivity index (χ3n) is 4.10. The summed E-state index contributed by atoms with van der Waals surface area (Å²) in [6.45, 7) is 3.91. The molecule has 0 aliphatic carbocycles. The molecule has 4 heteroatoms. The van der Waals surface area contributed by atoms with E-state index in [0.717, 1.165) is 11.1 Å². The summed E-state index contributed by atoms with van der Waals surface area (Å²) in [5.41, 5.74) is 0.590. The Kier molecular flexibility index (Phi) is 2.90. The number of fused-ring (bicyclic) bond motifs is 1. The number of hydrogen-bond donors (Lipinski definition) is 2. The smallest absolute Gasteiger partial charge is 0.326 e. The molecular formula is C17H16O4. The average molecular weight is 284 g/mol. The summed E-state index contributed by atoms with van der Waals surface area (Å²) in [6, 6.07) is 11.3. The zero-order valence-corrected chi connectivity index (χ0v) is 11.8. The fourth-order valence-corrected chi connectivity index (χ4v) is 3.09. The topological polar surface area (TPSA) is 66.8 Å². The molecule has 2 N–H and O–H groups in total. The molecule has 1 aliphatic rings. The highest BCUT2D eigenvalue weighted by atomic mass is 16.5. The molecule has 0 aromatic heterocycles. The number of hydrogen-bond acceptors (Lipinski definition) is 4. The molecule has 2 aromatic carbocycles. The Labute approximate surface area is 122 Å². The first-order valence-corrected chi connectivity index (χ1v) is 6.81. The highest BCUT2D eigenvalue weighted by Crippen LogP contribution is 2.50. The number of benzene rings is 2. The van der Waals surface area contributed by atoms with Crippen LogP contribution in [0.5, 0.6) is 17.2 Å². The van der Waals surface area contributed by atoms with E-state index < -0.39 is 5.41 Å². The minimum Gasteiger partial charge on any atom is -0.508 e. The minimum absolute atomic E-state index is 0.0414. The van der Waals surface area contributed by atoms with Crippen molar-refractivity contribution < 1.29 is 19.7 Å². The van der Waals surface area contributed by atoms with Crippen LogP contribution in [0.25, 0.3) is 0 Å². The molecule has 1 aliphatic heterocycles. The van der Waals surface area contributed by atoms with Gasteiger partial charge in [-0.1, -0.05) is 32.0 Å². The molecule has 4 nitrogen and oxygen atoms in total. The van der Waals surface area contributed by atoms with Crippen LogP contribution < -0.4 is 4.74 Å². The lowest BCUT2D eigenvalue weighted by molar-refractivity contribution is -0.138. The molecule has 0 fully saturated rings. The first-order valence-electron chi connectivity index (χ1n) is 6.81. The molecule has 0 spiro atoms. The number of phenolic OH excluding ortho intramolecular Hbond substituents is 2. The number of ether oxygens (including phenoxy) is 1. The summed E-state index contributed by atoms with van der Waals surface area (Å²) in [5.74, 6) is 0.202. The monoisotopic (exact) mass is 284 g/mol. The summed E-state index contributed by atoms with van der Waals surface area (Å²) in [5, 5.41) is 19.0. The largest absolute Gasteiger partial charge is 0.508 e. The maximum Gasteiger partial charge on any atom is 0.326 e. The quantitative estimate of drug-likeness (QED) is 0.657. The molecule has 0 bridgehead atoms. The van der Waals surface area contributed by atoms with Gasteiger partial charge in [-0.25, -0.2) is 0 Å². The van der Waals surface area contributed by atoms with Gasteiger partial charge in [-0.05, 0) is 29.7 Å². The van der Waals surface area contributed by atoms with Crippen molar-refractivity contribution >= 4 is 5.97 Å². The van der Waals surface area contributed by atoms with Gasteiger partial charge in [0.15, 0.2) is 0 Å². The molecule has 1 unspecified atom stereocenters. The summed E-state index contributed by atoms with van der Waals surface area (Å²) in [6.07, 6.45) is 0. The summed E-state index contributed by atoms with van der Waals surface area (Å²) in [4.78, 5) is 12.6. The van der Waals surface area contributed by atoms with Gasteiger partial charge in [0.2, 0.25) is 0 Å². The summed E-state index contributed by atoms with van der Waals surface area (Å²) >= 11 is 0. The molecule has 0 radical (unpaired) electrons. The first kappa shape index (κ1) is 13.5. The van der Waals surface area contributed by atoms with Crippen LogP contribution in [0.2, 0.25) is 0 Å². The van der Waals surface area contributed by atoms with Crippen LogP contribution in [0.4, 0.5) is 0 Å². The predicted molar refractivity (Wildman–Crippen MR) is 77.5 cm³/mol. The Morgan fingerprint density at radius 3 is 2.24 bits per heavy atom. The Bertz CT molecular complexity index is 703. The van der Waals surface area contributed by atoms with Gasteiger partial charge < -0.3 is 14.9 Å². The van der Waals surface area contributed by atoms with Crippen molar-refractivity contribution in [1.82, 2.24) is 0 Å². The fourth-order valence-electron chi connectivity index (χ4n) is 3.09. The van der Waals surface area contributed by atoms with Crippen molar-refractivity contribution in [1.29, 1.82) is 0 Å². The lowest BCUT2D eigenvalue weighted by Gasteiger charge is -2.30. The highest BCUT2D eigenvalue weighted by Gasteiger charge is 2.52. The van der Waals surface area contributed by atoms with E-state index in [1.807, 2.05) is 13.8 Å². The normalized spacial score (nSPS) is 20.4. The van der Waals surface area contributed by atoms with Crippen molar-refractivity contribution in [3.63, 3.8) is 0 Å². The van der Waals surface area contributed by atoms with Crippen LogP contribution in [0.15, 0.2) is 42.5 Å². The minimum atomic E-state index is -0.920. The van der Waals surface area contributed by atoms with E-state index in [0.29, 0.717) is 5.75 Å². The van der Waals surface area contributed by atoms with E-state index in [-0.39, 0.29) is 23.4 Å². The third kappa shape index (κ3) is 1.79. The van der Waals surface area contributed by atoms with E-state index >= 15 is 0 Å². The maximum absolute atomic E-state index is 12.6. The Balaban J connectivity index is 2.28. The predicted octanol–water partition coefficient (Wildman–Crippen LogP) is 2.96. The molecule has 3 rings (SSSR count). The Morgan fingerprint density at radius 2 is 1.62 bits per heavy atom. The zero-order chi connectivity index (χ0) is 15.2. The summed E-state index contributed by atoms with van der Waals surface area (Å²) in [7, 11) is 0. The fraction of sp³-hybridized carbons (Fsp3) is 0.235. The van der Waals surface area contributed by atoms with Crippen LogP contribution >= 0.6 is 0 Å². The zero-order valence-electron chi connectivity index (χ0n) is 11.8. The molecule has 1 heterocycles. The van der Waals surface area contributed by atoms with Crippen molar-refractivity contribution in [2.45, 2.75) is 19.3 Å². The lowest BCUT2D eigenvalue weighted by Crippen LogP contribution is -2.40. The van der Waals surface area contributed by atoms with Gasteiger partial charge in [0, 0.05) is 11.6 Å². The van der Waals surface area contributed by atoms with Crippen molar-refractivity contribution in [3.05, 3.63) is 53.6 Å². The molecule has 0 saturated carbocycles. The van der Waals surface area contributed by atoms with Crippen LogP contribution in [-0.4, -0.2) is 16.2 Å². The van der Waals surface area contributed by atoms with Crippen molar-refractivity contribution in [3.8, 4) is 17.2 Å². The number of carbonyl (C=O) groups excluding carboxylic acids is 1. The average Bonchev–Trinajstić information content (AvgIpc) is 2.71. The Hall–Kier alpha value is -2.49. The SMILES string of the molecule is CC(C)C1(c2ccc(O)cc2)C(=O)Oc2cc(O)ccc21. The van der Waals surface area contributed by atoms with Gasteiger partial charge in [0.05, 0.1) is 0 Å². The van der Waals surface area contributed by atoms with E-state index in [9.17, 15) is 15.0 Å². The number of esters is 1. The van der Waals surface area contributed by atoms with Crippen LogP contribution in [0, 0.1) is 5.92 Å². The number of aromatic hydroxyl groups is 2. The number of carbonyl (C=O) groups is 1. The number of phenols is 2. The van der Waals surface area contributed by atoms with E-state index in [1.165, 1.54) is 6.07 Å². The van der Waals surface area contributed by atoms with Crippen molar-refractivity contribution in [2.24, 2.45) is 5.92 Å². The standard InChI is InChI=1S/C17H16O4/c1-10(2)17(11-3-5-12(18)6-4-11)14-8-7-13(19)9-15(14)21-16(17)20/h3-10,18-19H,1-2H3. The van der Waals surface area contributed by atoms with Gasteiger partial charge in [-0.15, -0.1) is 0 Å². The molecule has 1 atom stereocenters. The highest BCUT2D eigenvalue weighted by molar-refractivity contribution is 5.95. The second-order valence-corrected chi connectivity index (χ2v) is 5.58. The molecule has 108 valence electrons. The second-order valence-electron chi connectivity index (χ2n) is 5.58. The van der Waals surface area contributed by atoms with Crippen LogP contribution in [-0.2, 0) is 10.2 Å². The van der Waals surface area contributed by atoms with Gasteiger partial charge >= 0.3 is 5.97 Å². The van der Waals surface area contributed by atoms with E-state index in [1.54, 1.807) is 36.4 Å². The van der Waals surface area contributed by atoms with Crippen LogP contribution in [0.1, 0.15) is 25.0 Å². The summed E-state index contributed by atoms with van der Waals surface area (Å²) < 4.78 is 5.39. The van der Waals surface area contributed by atoms with Gasteiger partial charge in [0.1, 0.15) is 22.7 Å². The Morgan fingerprint density at radius 1 is 1.00 bits per heavy atom. The second kappa shape index (κ2) is 4.52. The van der Waals surface area contributed by atoms with Crippen molar-refractivity contribution in [2.75, 3.05) is 0 Å². The van der Waals surface area contributed by atoms with E-state index in [2.05, 4.69) is 0 Å². The maximum atomic E-state index is 12.6. The molecule has 2 aromatic rings. The van der Waals surface area contributed by atoms with Gasteiger partial charge in [-0.3, -0.25) is 4.79 Å². The number of rotatable bonds is 2. The van der Waals surface area contributed by atoms with Gasteiger partial charge in [-0.2, -0.15) is 0 Å². The molecule has 21 heavy (non-hydrogen) atoms. The first-order chi connectivity index (χ1) is 9.96. The van der Waals surface area contributed by atoms with Crippen LogP contribution in [0.3, 0.4) is 0 Å². The molecule has 0 amide bonds. The molecule has 0 saturated heterocycles. The van der Waals surface area contributed by atoms with Gasteiger partial charge in [0.25, 0.3) is 0 Å².